The highest BCUT2D eigenvalue weighted by Gasteiger charge is 2.02. The van der Waals surface area contributed by atoms with Gasteiger partial charge >= 0.3 is 0 Å². The van der Waals surface area contributed by atoms with Crippen molar-refractivity contribution < 1.29 is 0 Å². The van der Waals surface area contributed by atoms with E-state index in [4.69, 9.17) is 0 Å². The predicted molar refractivity (Wildman–Crippen MR) is 88.8 cm³/mol. The van der Waals surface area contributed by atoms with E-state index in [1.165, 1.54) is 10.7 Å². The molecule has 1 N–H and O–H groups in total. The van der Waals surface area contributed by atoms with Gasteiger partial charge in [0.05, 0.1) is 17.2 Å². The molecule has 0 fully saturated rings. The summed E-state index contributed by atoms with van der Waals surface area (Å²) in [6.45, 7) is 9.39. The largest absolute Gasteiger partial charge is 0.379 e. The molecular formula is C16H23N3S. The van der Waals surface area contributed by atoms with E-state index in [9.17, 15) is 0 Å². The molecule has 0 aliphatic carbocycles. The van der Waals surface area contributed by atoms with Crippen molar-refractivity contribution in [1.29, 1.82) is 0 Å². The number of anilines is 2. The van der Waals surface area contributed by atoms with Gasteiger partial charge in [0.25, 0.3) is 0 Å². The molecule has 0 saturated heterocycles. The molecule has 0 aliphatic rings. The molecule has 4 heteroatoms. The van der Waals surface area contributed by atoms with Crippen molar-refractivity contribution in [3.05, 3.63) is 40.3 Å². The molecular weight excluding hydrogens is 266 g/mol. The summed E-state index contributed by atoms with van der Waals surface area (Å²) < 4.78 is 0. The van der Waals surface area contributed by atoms with Gasteiger partial charge in [0.2, 0.25) is 0 Å². The molecule has 0 aliphatic heterocycles. The molecule has 0 atom stereocenters. The van der Waals surface area contributed by atoms with Crippen molar-refractivity contribution in [3.8, 4) is 0 Å². The fraction of sp³-hybridized carbons (Fsp3) is 0.438. The summed E-state index contributed by atoms with van der Waals surface area (Å²) in [4.78, 5) is 6.91. The molecule has 20 heavy (non-hydrogen) atoms. The average molecular weight is 289 g/mol. The van der Waals surface area contributed by atoms with Gasteiger partial charge in [-0.2, -0.15) is 0 Å². The Morgan fingerprint density at radius 3 is 2.35 bits per heavy atom. The van der Waals surface area contributed by atoms with E-state index in [-0.39, 0.29) is 0 Å². The van der Waals surface area contributed by atoms with Gasteiger partial charge < -0.3 is 10.2 Å². The third kappa shape index (κ3) is 3.73. The molecule has 0 spiro atoms. The first-order valence-corrected chi connectivity index (χ1v) is 8.16. The average Bonchev–Trinajstić information content (AvgIpc) is 2.96. The highest BCUT2D eigenvalue weighted by Crippen LogP contribution is 2.18. The topological polar surface area (TPSA) is 28.2 Å². The minimum Gasteiger partial charge on any atom is -0.379 e. The number of rotatable bonds is 7. The summed E-state index contributed by atoms with van der Waals surface area (Å²) >= 11 is 1.74. The number of thiazole rings is 1. The Hall–Kier alpha value is -1.55. The van der Waals surface area contributed by atoms with Crippen LogP contribution in [0.25, 0.3) is 0 Å². The van der Waals surface area contributed by atoms with Crippen LogP contribution < -0.4 is 10.2 Å². The first-order valence-electron chi connectivity index (χ1n) is 7.29. The molecule has 1 aromatic heterocycles. The second-order valence-electron chi connectivity index (χ2n) is 4.66. The van der Waals surface area contributed by atoms with Crippen LogP contribution in [0, 0.1) is 0 Å². The molecule has 0 amide bonds. The van der Waals surface area contributed by atoms with E-state index in [1.54, 1.807) is 11.3 Å². The number of nitrogens with one attached hydrogen (secondary N) is 1. The summed E-state index contributed by atoms with van der Waals surface area (Å²) in [6, 6.07) is 8.63. The number of aromatic nitrogens is 1. The Kier molecular flexibility index (Phi) is 5.41. The highest BCUT2D eigenvalue weighted by molar-refractivity contribution is 7.09. The lowest BCUT2D eigenvalue weighted by molar-refractivity contribution is 0.866. The van der Waals surface area contributed by atoms with Crippen LogP contribution in [0.15, 0.2) is 29.6 Å². The lowest BCUT2D eigenvalue weighted by Crippen LogP contribution is -2.21. The van der Waals surface area contributed by atoms with E-state index in [2.05, 4.69) is 65.6 Å². The van der Waals surface area contributed by atoms with Gasteiger partial charge in [0.15, 0.2) is 0 Å². The van der Waals surface area contributed by atoms with Crippen LogP contribution in [0.2, 0.25) is 0 Å². The molecule has 1 heterocycles. The zero-order valence-corrected chi connectivity index (χ0v) is 13.3. The van der Waals surface area contributed by atoms with E-state index < -0.39 is 0 Å². The minimum atomic E-state index is 0.793. The Labute approximate surface area is 125 Å². The smallest absolute Gasteiger partial charge is 0.0926 e. The summed E-state index contributed by atoms with van der Waals surface area (Å²) in [6.07, 6.45) is 1.02. The molecule has 0 bridgehead atoms. The van der Waals surface area contributed by atoms with Crippen LogP contribution in [-0.2, 0) is 13.0 Å². The van der Waals surface area contributed by atoms with Crippen molar-refractivity contribution in [3.63, 3.8) is 0 Å². The molecule has 0 saturated carbocycles. The number of hydrogen-bond acceptors (Lipinski definition) is 4. The number of hydrogen-bond donors (Lipinski definition) is 1. The third-order valence-corrected chi connectivity index (χ3v) is 4.41. The second kappa shape index (κ2) is 7.29. The fourth-order valence-electron chi connectivity index (χ4n) is 2.16. The molecule has 0 radical (unpaired) electrons. The molecule has 108 valence electrons. The Morgan fingerprint density at radius 2 is 1.80 bits per heavy atom. The van der Waals surface area contributed by atoms with Crippen LogP contribution in [0.1, 0.15) is 31.5 Å². The van der Waals surface area contributed by atoms with Crippen molar-refractivity contribution in [2.24, 2.45) is 0 Å². The SMILES string of the molecule is CCc1nc(CNc2ccc(N(CC)CC)cc2)cs1. The maximum Gasteiger partial charge on any atom is 0.0926 e. The van der Waals surface area contributed by atoms with E-state index in [0.717, 1.165) is 37.4 Å². The lowest BCUT2D eigenvalue weighted by atomic mass is 10.2. The van der Waals surface area contributed by atoms with Crippen LogP contribution in [0.3, 0.4) is 0 Å². The van der Waals surface area contributed by atoms with Gasteiger partial charge in [0, 0.05) is 29.8 Å². The lowest BCUT2D eigenvalue weighted by Gasteiger charge is -2.21. The van der Waals surface area contributed by atoms with E-state index in [0.29, 0.717) is 0 Å². The minimum absolute atomic E-state index is 0.793. The van der Waals surface area contributed by atoms with Gasteiger partial charge in [-0.1, -0.05) is 6.92 Å². The Balaban J connectivity index is 1.93. The van der Waals surface area contributed by atoms with Crippen molar-refractivity contribution in [2.45, 2.75) is 33.7 Å². The number of benzene rings is 1. The maximum absolute atomic E-state index is 4.56. The van der Waals surface area contributed by atoms with Crippen molar-refractivity contribution in [2.75, 3.05) is 23.3 Å². The standard InChI is InChI=1S/C16H23N3S/c1-4-16-18-14(12-20-16)11-17-13-7-9-15(10-8-13)19(5-2)6-3/h7-10,12,17H,4-6,11H2,1-3H3. The first kappa shape index (κ1) is 14.9. The zero-order valence-electron chi connectivity index (χ0n) is 12.5. The maximum atomic E-state index is 4.56. The summed E-state index contributed by atoms with van der Waals surface area (Å²) in [5.74, 6) is 0. The number of nitrogens with zero attached hydrogens (tertiary/aromatic N) is 2. The van der Waals surface area contributed by atoms with Crippen LogP contribution in [0.5, 0.6) is 0 Å². The van der Waals surface area contributed by atoms with Gasteiger partial charge in [-0.3, -0.25) is 0 Å². The molecule has 2 aromatic rings. The number of aryl methyl sites for hydroxylation is 1. The predicted octanol–water partition coefficient (Wildman–Crippen LogP) is 4.16. The molecule has 1 aromatic carbocycles. The molecule has 2 rings (SSSR count). The molecule has 3 nitrogen and oxygen atoms in total. The van der Waals surface area contributed by atoms with Crippen molar-refractivity contribution >= 4 is 22.7 Å². The van der Waals surface area contributed by atoms with Gasteiger partial charge in [0.1, 0.15) is 0 Å². The second-order valence-corrected chi connectivity index (χ2v) is 5.60. The summed E-state index contributed by atoms with van der Waals surface area (Å²) in [7, 11) is 0. The van der Waals surface area contributed by atoms with Crippen LogP contribution >= 0.6 is 11.3 Å². The van der Waals surface area contributed by atoms with Crippen LogP contribution in [-0.4, -0.2) is 18.1 Å². The highest BCUT2D eigenvalue weighted by atomic mass is 32.1. The van der Waals surface area contributed by atoms with Crippen LogP contribution in [0.4, 0.5) is 11.4 Å². The van der Waals surface area contributed by atoms with Gasteiger partial charge in [-0.25, -0.2) is 4.98 Å². The first-order chi connectivity index (χ1) is 9.76. The summed E-state index contributed by atoms with van der Waals surface area (Å²) in [5.41, 5.74) is 3.55. The fourth-order valence-corrected chi connectivity index (χ4v) is 2.91. The Morgan fingerprint density at radius 1 is 1.10 bits per heavy atom. The summed E-state index contributed by atoms with van der Waals surface area (Å²) in [5, 5.41) is 6.77. The van der Waals surface area contributed by atoms with Crippen molar-refractivity contribution in [1.82, 2.24) is 4.98 Å². The quantitative estimate of drug-likeness (QED) is 0.829. The van der Waals surface area contributed by atoms with E-state index >= 15 is 0 Å². The zero-order chi connectivity index (χ0) is 14.4. The third-order valence-electron chi connectivity index (χ3n) is 3.37. The normalized spacial score (nSPS) is 10.6. The molecule has 0 unspecified atom stereocenters. The Bertz CT molecular complexity index is 515. The monoisotopic (exact) mass is 289 g/mol. The van der Waals surface area contributed by atoms with E-state index in [1.807, 2.05) is 0 Å². The van der Waals surface area contributed by atoms with Gasteiger partial charge in [-0.15, -0.1) is 11.3 Å². The van der Waals surface area contributed by atoms with Gasteiger partial charge in [-0.05, 0) is 44.5 Å².